The molecule has 0 N–H and O–H groups in total. The lowest BCUT2D eigenvalue weighted by molar-refractivity contribution is -0.150. The Balaban J connectivity index is 1.94. The topological polar surface area (TPSA) is 80.8 Å². The largest absolute Gasteiger partial charge is 0.452 e. The van der Waals surface area contributed by atoms with Crippen molar-refractivity contribution in [1.29, 1.82) is 0 Å². The van der Waals surface area contributed by atoms with Crippen LogP contribution in [0.4, 0.5) is 0 Å². The molecule has 7 heteroatoms. The monoisotopic (exact) mass is 379 g/mol. The van der Waals surface area contributed by atoms with Crippen molar-refractivity contribution in [1.82, 2.24) is 4.90 Å². The molecule has 0 radical (unpaired) electrons. The summed E-state index contributed by atoms with van der Waals surface area (Å²) in [4.78, 5) is 25.9. The fourth-order valence-electron chi connectivity index (χ4n) is 2.98. The van der Waals surface area contributed by atoms with Gasteiger partial charge in [-0.2, -0.15) is 0 Å². The normalized spacial score (nSPS) is 20.0. The Morgan fingerprint density at radius 2 is 2.00 bits per heavy atom. The van der Waals surface area contributed by atoms with Crippen LogP contribution >= 0.6 is 0 Å². The molecule has 6 nitrogen and oxygen atoms in total. The molecular formula is C19H25NO5S. The Hall–Kier alpha value is -2.15. The second-order valence-corrected chi connectivity index (χ2v) is 8.70. The summed E-state index contributed by atoms with van der Waals surface area (Å²) in [5, 5.41) is 0. The summed E-state index contributed by atoms with van der Waals surface area (Å²) < 4.78 is 28.5. The number of ether oxygens (including phenoxy) is 1. The molecule has 26 heavy (non-hydrogen) atoms. The van der Waals surface area contributed by atoms with Gasteiger partial charge in [0.2, 0.25) is 0 Å². The van der Waals surface area contributed by atoms with Gasteiger partial charge in [-0.05, 0) is 31.4 Å². The lowest BCUT2D eigenvalue weighted by Gasteiger charge is -2.33. The minimum atomic E-state index is -3.10. The summed E-state index contributed by atoms with van der Waals surface area (Å²) in [6.07, 6.45) is 4.02. The van der Waals surface area contributed by atoms with Gasteiger partial charge in [-0.15, -0.1) is 0 Å². The highest BCUT2D eigenvalue weighted by molar-refractivity contribution is 7.91. The van der Waals surface area contributed by atoms with E-state index < -0.39 is 22.4 Å². The summed E-state index contributed by atoms with van der Waals surface area (Å²) in [6, 6.07) is 8.82. The average Bonchev–Trinajstić information content (AvgIpc) is 2.98. The maximum atomic E-state index is 12.6. The predicted octanol–water partition coefficient (Wildman–Crippen LogP) is 2.06. The van der Waals surface area contributed by atoms with Crippen LogP contribution in [-0.4, -0.2) is 55.4 Å². The van der Waals surface area contributed by atoms with Gasteiger partial charge in [-0.1, -0.05) is 37.3 Å². The van der Waals surface area contributed by atoms with Gasteiger partial charge in [0.05, 0.1) is 11.5 Å². The molecule has 2 rings (SSSR count). The molecule has 142 valence electrons. The third-order valence-electron chi connectivity index (χ3n) is 4.50. The van der Waals surface area contributed by atoms with Crippen LogP contribution in [0.25, 0.3) is 6.08 Å². The number of carbonyl (C=O) groups excluding carboxylic acids is 2. The third-order valence-corrected chi connectivity index (χ3v) is 6.26. The van der Waals surface area contributed by atoms with Crippen LogP contribution in [0, 0.1) is 0 Å². The first kappa shape index (κ1) is 20.2. The smallest absolute Gasteiger partial charge is 0.331 e. The summed E-state index contributed by atoms with van der Waals surface area (Å²) in [5.74, 6) is -0.893. The molecule has 0 unspecified atom stereocenters. The van der Waals surface area contributed by atoms with Crippen molar-refractivity contribution >= 4 is 27.8 Å². The Kier molecular flexibility index (Phi) is 6.97. The standard InChI is InChI=1S/C19H25NO5S/c1-3-15(2)20(17-11-12-26(23,24)14-17)18(21)13-25-19(22)10-9-16-7-5-4-6-8-16/h4-10,15,17H,3,11-14H2,1-2H3/b10-9+/t15-,17+/m0/s1. The number of hydrogen-bond acceptors (Lipinski definition) is 5. The first-order valence-electron chi connectivity index (χ1n) is 8.74. The highest BCUT2D eigenvalue weighted by atomic mass is 32.2. The van der Waals surface area contributed by atoms with Crippen LogP contribution in [0.3, 0.4) is 0 Å². The number of carbonyl (C=O) groups is 2. The van der Waals surface area contributed by atoms with Crippen molar-refractivity contribution < 1.29 is 22.7 Å². The zero-order valence-corrected chi connectivity index (χ0v) is 15.9. The molecule has 1 aromatic rings. The fourth-order valence-corrected chi connectivity index (χ4v) is 4.70. The van der Waals surface area contributed by atoms with Gasteiger partial charge >= 0.3 is 5.97 Å². The second-order valence-electron chi connectivity index (χ2n) is 6.47. The number of sulfone groups is 1. The van der Waals surface area contributed by atoms with Gasteiger partial charge in [-0.25, -0.2) is 13.2 Å². The van der Waals surface area contributed by atoms with E-state index in [0.29, 0.717) is 12.8 Å². The third kappa shape index (κ3) is 5.69. The highest BCUT2D eigenvalue weighted by Gasteiger charge is 2.36. The van der Waals surface area contributed by atoms with Crippen LogP contribution in [0.2, 0.25) is 0 Å². The summed E-state index contributed by atoms with van der Waals surface area (Å²) >= 11 is 0. The first-order valence-corrected chi connectivity index (χ1v) is 10.6. The summed E-state index contributed by atoms with van der Waals surface area (Å²) in [6.45, 7) is 3.42. The van der Waals surface area contributed by atoms with Crippen LogP contribution in [0.5, 0.6) is 0 Å². The van der Waals surface area contributed by atoms with E-state index in [1.54, 1.807) is 11.0 Å². The van der Waals surface area contributed by atoms with Crippen LogP contribution in [0.15, 0.2) is 36.4 Å². The Labute approximate surface area is 154 Å². The SMILES string of the molecule is CC[C@H](C)N(C(=O)COC(=O)/C=C/c1ccccc1)[C@@H]1CCS(=O)(=O)C1. The Bertz CT molecular complexity index is 757. The molecule has 0 aromatic heterocycles. The van der Waals surface area contributed by atoms with E-state index >= 15 is 0 Å². The lowest BCUT2D eigenvalue weighted by atomic mass is 10.1. The quantitative estimate of drug-likeness (QED) is 0.535. The fraction of sp³-hybridized carbons (Fsp3) is 0.474. The van der Waals surface area contributed by atoms with Gasteiger partial charge in [-0.3, -0.25) is 4.79 Å². The molecule has 0 spiro atoms. The number of benzene rings is 1. The molecule has 0 bridgehead atoms. The lowest BCUT2D eigenvalue weighted by Crippen LogP contribution is -2.48. The van der Waals surface area contributed by atoms with Crippen molar-refractivity contribution in [2.75, 3.05) is 18.1 Å². The maximum Gasteiger partial charge on any atom is 0.331 e. The van der Waals surface area contributed by atoms with Crippen molar-refractivity contribution in [2.24, 2.45) is 0 Å². The number of hydrogen-bond donors (Lipinski definition) is 0. The maximum absolute atomic E-state index is 12.6. The van der Waals surface area contributed by atoms with Gasteiger partial charge in [0.1, 0.15) is 0 Å². The molecule has 1 saturated heterocycles. The van der Waals surface area contributed by atoms with Gasteiger partial charge in [0, 0.05) is 18.2 Å². The van der Waals surface area contributed by atoms with Gasteiger partial charge < -0.3 is 9.64 Å². The zero-order valence-electron chi connectivity index (χ0n) is 15.1. The number of esters is 1. The molecule has 1 aromatic carbocycles. The second kappa shape index (κ2) is 8.98. The number of amides is 1. The summed E-state index contributed by atoms with van der Waals surface area (Å²) in [5.41, 5.74) is 0.855. The van der Waals surface area contributed by atoms with Crippen LogP contribution in [0.1, 0.15) is 32.3 Å². The van der Waals surface area contributed by atoms with Crippen LogP contribution < -0.4 is 0 Å². The van der Waals surface area contributed by atoms with Crippen molar-refractivity contribution in [3.8, 4) is 0 Å². The van der Waals surface area contributed by atoms with E-state index in [1.165, 1.54) is 6.08 Å². The molecular weight excluding hydrogens is 354 g/mol. The van der Waals surface area contributed by atoms with Crippen LogP contribution in [-0.2, 0) is 24.2 Å². The molecule has 1 amide bonds. The first-order chi connectivity index (χ1) is 12.3. The molecule has 0 saturated carbocycles. The van der Waals surface area contributed by atoms with E-state index in [-0.39, 0.29) is 29.5 Å². The highest BCUT2D eigenvalue weighted by Crippen LogP contribution is 2.21. The average molecular weight is 379 g/mol. The van der Waals surface area contributed by atoms with E-state index in [0.717, 1.165) is 5.56 Å². The molecule has 1 heterocycles. The van der Waals surface area contributed by atoms with Crippen molar-refractivity contribution in [3.05, 3.63) is 42.0 Å². The molecule has 0 aliphatic carbocycles. The van der Waals surface area contributed by atoms with E-state index in [4.69, 9.17) is 4.74 Å². The molecule has 1 fully saturated rings. The van der Waals surface area contributed by atoms with Gasteiger partial charge in [0.15, 0.2) is 16.4 Å². The molecule has 1 aliphatic rings. The van der Waals surface area contributed by atoms with E-state index in [9.17, 15) is 18.0 Å². The molecule has 1 aliphatic heterocycles. The Morgan fingerprint density at radius 1 is 1.31 bits per heavy atom. The van der Waals surface area contributed by atoms with Crippen molar-refractivity contribution in [3.63, 3.8) is 0 Å². The summed E-state index contributed by atoms with van der Waals surface area (Å²) in [7, 11) is -3.10. The van der Waals surface area contributed by atoms with Gasteiger partial charge in [0.25, 0.3) is 5.91 Å². The zero-order chi connectivity index (χ0) is 19.2. The minimum Gasteiger partial charge on any atom is -0.452 e. The van der Waals surface area contributed by atoms with E-state index in [1.807, 2.05) is 44.2 Å². The van der Waals surface area contributed by atoms with Crippen molar-refractivity contribution in [2.45, 2.75) is 38.8 Å². The van der Waals surface area contributed by atoms with E-state index in [2.05, 4.69) is 0 Å². The molecule has 2 atom stereocenters. The Morgan fingerprint density at radius 3 is 2.58 bits per heavy atom. The number of rotatable bonds is 7. The minimum absolute atomic E-state index is 0.0229. The number of nitrogens with zero attached hydrogens (tertiary/aromatic N) is 1. The predicted molar refractivity (Wildman–Crippen MR) is 100 cm³/mol.